The van der Waals surface area contributed by atoms with Gasteiger partial charge in [0.15, 0.2) is 0 Å². The molecule has 1 aliphatic carbocycles. The summed E-state index contributed by atoms with van der Waals surface area (Å²) in [7, 11) is 0. The number of aromatic nitrogens is 1. The van der Waals surface area contributed by atoms with E-state index in [2.05, 4.69) is 19.2 Å². The van der Waals surface area contributed by atoms with Gasteiger partial charge in [-0.2, -0.15) is 0 Å². The van der Waals surface area contributed by atoms with Crippen LogP contribution in [0.3, 0.4) is 0 Å². The molecule has 1 aromatic rings. The monoisotopic (exact) mass is 335 g/mol. The lowest BCUT2D eigenvalue weighted by Gasteiger charge is -2.19. The van der Waals surface area contributed by atoms with Crippen molar-refractivity contribution < 1.29 is 9.59 Å². The van der Waals surface area contributed by atoms with Crippen LogP contribution >= 0.6 is 11.3 Å². The highest BCUT2D eigenvalue weighted by molar-refractivity contribution is 7.09. The molecule has 0 bridgehead atoms. The summed E-state index contributed by atoms with van der Waals surface area (Å²) in [5.74, 6) is 0.830. The Balaban J connectivity index is 1.64. The predicted octanol–water partition coefficient (Wildman–Crippen LogP) is 3.66. The number of nitrogens with one attached hydrogen (secondary N) is 1. The highest BCUT2D eigenvalue weighted by Crippen LogP contribution is 2.34. The van der Waals surface area contributed by atoms with Crippen LogP contribution in [0.25, 0.3) is 0 Å². The topological polar surface area (TPSA) is 62.3 Å². The van der Waals surface area contributed by atoms with Crippen LogP contribution < -0.4 is 5.32 Å². The van der Waals surface area contributed by atoms with Crippen LogP contribution in [0.2, 0.25) is 0 Å². The number of carbonyl (C=O) groups excluding carboxylic acids is 2. The van der Waals surface area contributed by atoms with Gasteiger partial charge in [0.1, 0.15) is 6.04 Å². The van der Waals surface area contributed by atoms with Crippen molar-refractivity contribution in [2.75, 3.05) is 0 Å². The maximum atomic E-state index is 12.4. The lowest BCUT2D eigenvalue weighted by Crippen LogP contribution is -2.31. The van der Waals surface area contributed by atoms with E-state index in [1.807, 2.05) is 5.38 Å². The minimum Gasteiger partial charge on any atom is -0.326 e. The van der Waals surface area contributed by atoms with Gasteiger partial charge in [-0.25, -0.2) is 9.78 Å². The fourth-order valence-corrected chi connectivity index (χ4v) is 4.43. The molecule has 1 N–H and O–H groups in total. The Labute approximate surface area is 141 Å². The number of rotatable bonds is 5. The lowest BCUT2D eigenvalue weighted by atomic mass is 9.90. The molecule has 0 spiro atoms. The second-order valence-electron chi connectivity index (χ2n) is 7.07. The van der Waals surface area contributed by atoms with Gasteiger partial charge in [0.05, 0.1) is 17.2 Å². The molecule has 3 amide bonds. The number of thiazole rings is 1. The van der Waals surface area contributed by atoms with Gasteiger partial charge >= 0.3 is 6.03 Å². The third kappa shape index (κ3) is 3.74. The third-order valence-corrected chi connectivity index (χ3v) is 5.71. The van der Waals surface area contributed by atoms with Gasteiger partial charge in [-0.05, 0) is 25.2 Å². The number of carbonyl (C=O) groups is 2. The van der Waals surface area contributed by atoms with Crippen LogP contribution in [0.4, 0.5) is 4.79 Å². The maximum Gasteiger partial charge on any atom is 0.325 e. The van der Waals surface area contributed by atoms with E-state index in [1.165, 1.54) is 42.0 Å². The molecule has 2 heterocycles. The van der Waals surface area contributed by atoms with Crippen LogP contribution in [0, 0.1) is 5.92 Å². The molecule has 0 aromatic carbocycles. The lowest BCUT2D eigenvalue weighted by molar-refractivity contribution is -0.128. The Hall–Kier alpha value is -1.43. The van der Waals surface area contributed by atoms with E-state index in [1.54, 1.807) is 11.3 Å². The molecule has 126 valence electrons. The summed E-state index contributed by atoms with van der Waals surface area (Å²) in [6.45, 7) is 4.40. The molecule has 5 nitrogen and oxygen atoms in total. The standard InChI is InChI=1S/C17H25N3O2S/c1-11(2)8-14-16(21)20(17(22)19-14)9-13-10-23-15(18-13)12-6-4-3-5-7-12/h10-12,14H,3-9H2,1-2H3,(H,19,22)/t14-/m1/s1. The van der Waals surface area contributed by atoms with Gasteiger partial charge in [-0.1, -0.05) is 33.1 Å². The molecule has 1 aromatic heterocycles. The summed E-state index contributed by atoms with van der Waals surface area (Å²) in [6, 6.07) is -0.660. The molecular formula is C17H25N3O2S. The van der Waals surface area contributed by atoms with Crippen LogP contribution in [0.5, 0.6) is 0 Å². The van der Waals surface area contributed by atoms with E-state index in [0.717, 1.165) is 5.69 Å². The SMILES string of the molecule is CC(C)C[C@H]1NC(=O)N(Cc2csc(C3CCCCC3)n2)C1=O. The zero-order valence-corrected chi connectivity index (χ0v) is 14.7. The smallest absolute Gasteiger partial charge is 0.325 e. The van der Waals surface area contributed by atoms with E-state index in [-0.39, 0.29) is 18.0 Å². The van der Waals surface area contributed by atoms with Crippen molar-refractivity contribution in [3.63, 3.8) is 0 Å². The summed E-state index contributed by atoms with van der Waals surface area (Å²) in [6.07, 6.45) is 7.01. The normalized spacial score (nSPS) is 22.9. The van der Waals surface area contributed by atoms with E-state index in [9.17, 15) is 9.59 Å². The van der Waals surface area contributed by atoms with Crippen LogP contribution in [0.15, 0.2) is 5.38 Å². The first-order valence-corrected chi connectivity index (χ1v) is 9.48. The third-order valence-electron chi connectivity index (χ3n) is 4.66. The average Bonchev–Trinajstić information content (AvgIpc) is 3.09. The van der Waals surface area contributed by atoms with Crippen molar-refractivity contribution >= 4 is 23.3 Å². The van der Waals surface area contributed by atoms with E-state index in [0.29, 0.717) is 24.8 Å². The summed E-state index contributed by atoms with van der Waals surface area (Å²) in [4.78, 5) is 30.5. The fourth-order valence-electron chi connectivity index (χ4n) is 3.45. The molecule has 6 heteroatoms. The highest BCUT2D eigenvalue weighted by atomic mass is 32.1. The number of imide groups is 1. The van der Waals surface area contributed by atoms with E-state index >= 15 is 0 Å². The minimum absolute atomic E-state index is 0.115. The van der Waals surface area contributed by atoms with Gasteiger partial charge < -0.3 is 5.32 Å². The first-order chi connectivity index (χ1) is 11.0. The van der Waals surface area contributed by atoms with Crippen molar-refractivity contribution in [1.29, 1.82) is 0 Å². The Morgan fingerprint density at radius 1 is 1.30 bits per heavy atom. The molecule has 3 rings (SSSR count). The van der Waals surface area contributed by atoms with Crippen LogP contribution in [-0.4, -0.2) is 27.9 Å². The molecule has 0 unspecified atom stereocenters. The summed E-state index contributed by atoms with van der Waals surface area (Å²) < 4.78 is 0. The molecule has 1 aliphatic heterocycles. The Kier molecular flexibility index (Phi) is 4.99. The number of nitrogens with zero attached hydrogens (tertiary/aromatic N) is 2. The fraction of sp³-hybridized carbons (Fsp3) is 0.706. The van der Waals surface area contributed by atoms with Crippen LogP contribution in [-0.2, 0) is 11.3 Å². The largest absolute Gasteiger partial charge is 0.326 e. The summed E-state index contributed by atoms with van der Waals surface area (Å²) in [5, 5.41) is 5.96. The second kappa shape index (κ2) is 6.99. The number of hydrogen-bond acceptors (Lipinski definition) is 4. The quantitative estimate of drug-likeness (QED) is 0.835. The number of urea groups is 1. The van der Waals surface area contributed by atoms with Crippen LogP contribution in [0.1, 0.15) is 69.0 Å². The van der Waals surface area contributed by atoms with Crippen molar-refractivity contribution in [2.24, 2.45) is 5.92 Å². The van der Waals surface area contributed by atoms with Crippen molar-refractivity contribution in [1.82, 2.24) is 15.2 Å². The predicted molar refractivity (Wildman–Crippen MR) is 90.3 cm³/mol. The van der Waals surface area contributed by atoms with Gasteiger partial charge in [0.2, 0.25) is 0 Å². The average molecular weight is 335 g/mol. The molecular weight excluding hydrogens is 310 g/mol. The zero-order valence-electron chi connectivity index (χ0n) is 13.9. The first-order valence-electron chi connectivity index (χ1n) is 8.60. The van der Waals surface area contributed by atoms with Gasteiger partial charge in [0, 0.05) is 11.3 Å². The first kappa shape index (κ1) is 16.4. The van der Waals surface area contributed by atoms with Crippen molar-refractivity contribution in [2.45, 2.75) is 70.9 Å². The summed E-state index contributed by atoms with van der Waals surface area (Å²) >= 11 is 1.67. The number of hydrogen-bond donors (Lipinski definition) is 1. The Bertz CT molecular complexity index is 578. The highest BCUT2D eigenvalue weighted by Gasteiger charge is 2.38. The second-order valence-corrected chi connectivity index (χ2v) is 7.96. The maximum absolute atomic E-state index is 12.4. The van der Waals surface area contributed by atoms with Gasteiger partial charge in [-0.15, -0.1) is 11.3 Å². The molecule has 2 aliphatic rings. The Morgan fingerprint density at radius 3 is 2.74 bits per heavy atom. The van der Waals surface area contributed by atoms with Gasteiger partial charge in [-0.3, -0.25) is 9.69 Å². The Morgan fingerprint density at radius 2 is 2.04 bits per heavy atom. The molecule has 1 atom stereocenters. The minimum atomic E-state index is -0.376. The zero-order chi connectivity index (χ0) is 16.4. The van der Waals surface area contributed by atoms with Gasteiger partial charge in [0.25, 0.3) is 5.91 Å². The molecule has 1 saturated heterocycles. The molecule has 0 radical (unpaired) electrons. The number of amides is 3. The molecule has 1 saturated carbocycles. The van der Waals surface area contributed by atoms with Crippen molar-refractivity contribution in [3.05, 3.63) is 16.1 Å². The van der Waals surface area contributed by atoms with E-state index < -0.39 is 0 Å². The van der Waals surface area contributed by atoms with E-state index in [4.69, 9.17) is 4.98 Å². The molecule has 2 fully saturated rings. The van der Waals surface area contributed by atoms with Crippen molar-refractivity contribution in [3.8, 4) is 0 Å². The molecule has 23 heavy (non-hydrogen) atoms. The summed E-state index contributed by atoms with van der Waals surface area (Å²) in [5.41, 5.74) is 0.837.